The lowest BCUT2D eigenvalue weighted by Gasteiger charge is -2.25. The normalized spacial score (nSPS) is 17.9. The highest BCUT2D eigenvalue weighted by atomic mass is 16.2. The van der Waals surface area contributed by atoms with E-state index in [2.05, 4.69) is 0 Å². The van der Waals surface area contributed by atoms with E-state index >= 15 is 0 Å². The van der Waals surface area contributed by atoms with Crippen molar-refractivity contribution < 1.29 is 9.59 Å². The molecule has 3 rings (SSSR count). The molecule has 15 heavy (non-hydrogen) atoms. The van der Waals surface area contributed by atoms with Crippen LogP contribution in [0.5, 0.6) is 0 Å². The maximum atomic E-state index is 11.6. The Bertz CT molecular complexity index is 465. The van der Waals surface area contributed by atoms with Gasteiger partial charge in [-0.1, -0.05) is 0 Å². The van der Waals surface area contributed by atoms with Gasteiger partial charge in [-0.05, 0) is 36.1 Å². The van der Waals surface area contributed by atoms with Crippen LogP contribution < -0.4 is 4.90 Å². The molecule has 0 aliphatic carbocycles. The zero-order valence-corrected chi connectivity index (χ0v) is 8.32. The minimum Gasteiger partial charge on any atom is -0.312 e. The second-order valence-electron chi connectivity index (χ2n) is 4.10. The zero-order chi connectivity index (χ0) is 10.4. The third-order valence-corrected chi connectivity index (χ3v) is 3.21. The van der Waals surface area contributed by atoms with Crippen molar-refractivity contribution in [3.63, 3.8) is 0 Å². The van der Waals surface area contributed by atoms with Gasteiger partial charge < -0.3 is 4.90 Å². The molecule has 0 N–H and O–H groups in total. The van der Waals surface area contributed by atoms with E-state index < -0.39 is 0 Å². The molecule has 0 bridgehead atoms. The van der Waals surface area contributed by atoms with Crippen LogP contribution in [-0.4, -0.2) is 18.7 Å². The average Bonchev–Trinajstić information content (AvgIpc) is 2.68. The quantitative estimate of drug-likeness (QED) is 0.643. The minimum atomic E-state index is 0.222. The van der Waals surface area contributed by atoms with Gasteiger partial charge in [0, 0.05) is 18.5 Å². The number of hydrogen-bond acceptors (Lipinski definition) is 2. The molecule has 0 unspecified atom stereocenters. The third-order valence-electron chi connectivity index (χ3n) is 3.21. The van der Waals surface area contributed by atoms with E-state index in [1.807, 2.05) is 17.0 Å². The summed E-state index contributed by atoms with van der Waals surface area (Å²) >= 11 is 0. The van der Waals surface area contributed by atoms with Crippen molar-refractivity contribution in [3.8, 4) is 0 Å². The summed E-state index contributed by atoms with van der Waals surface area (Å²) in [6.07, 6.45) is 3.12. The van der Waals surface area contributed by atoms with Crippen LogP contribution in [0.1, 0.15) is 27.9 Å². The summed E-state index contributed by atoms with van der Waals surface area (Å²) in [5.41, 5.74) is 4.13. The second kappa shape index (κ2) is 2.92. The van der Waals surface area contributed by atoms with E-state index in [4.69, 9.17) is 0 Å². The molecule has 1 aromatic carbocycles. The van der Waals surface area contributed by atoms with E-state index in [0.717, 1.165) is 48.1 Å². The number of rotatable bonds is 1. The van der Waals surface area contributed by atoms with Crippen LogP contribution in [0.2, 0.25) is 0 Å². The van der Waals surface area contributed by atoms with Crippen molar-refractivity contribution in [1.82, 2.24) is 0 Å². The van der Waals surface area contributed by atoms with E-state index in [0.29, 0.717) is 6.42 Å². The molecule has 0 fully saturated rings. The van der Waals surface area contributed by atoms with Crippen LogP contribution in [0, 0.1) is 0 Å². The van der Waals surface area contributed by atoms with Crippen LogP contribution in [0.3, 0.4) is 0 Å². The van der Waals surface area contributed by atoms with Crippen molar-refractivity contribution in [2.75, 3.05) is 11.4 Å². The molecule has 1 aromatic rings. The first-order chi connectivity index (χ1) is 7.29. The van der Waals surface area contributed by atoms with Gasteiger partial charge >= 0.3 is 0 Å². The van der Waals surface area contributed by atoms with Gasteiger partial charge in [0.15, 0.2) is 0 Å². The topological polar surface area (TPSA) is 37.4 Å². The minimum absolute atomic E-state index is 0.222. The molecule has 0 radical (unpaired) electrons. The van der Waals surface area contributed by atoms with Gasteiger partial charge in [-0.25, -0.2) is 0 Å². The van der Waals surface area contributed by atoms with Crippen LogP contribution in [0.4, 0.5) is 5.69 Å². The number of anilines is 1. The molecular weight excluding hydrogens is 190 g/mol. The fourth-order valence-electron chi connectivity index (χ4n) is 2.55. The van der Waals surface area contributed by atoms with Crippen molar-refractivity contribution in [1.29, 1.82) is 0 Å². The lowest BCUT2D eigenvalue weighted by atomic mass is 9.97. The lowest BCUT2D eigenvalue weighted by Crippen LogP contribution is -2.32. The predicted molar refractivity (Wildman–Crippen MR) is 56.2 cm³/mol. The largest absolute Gasteiger partial charge is 0.312 e. The van der Waals surface area contributed by atoms with Crippen molar-refractivity contribution >= 4 is 17.9 Å². The number of carbonyl (C=O) groups is 2. The Morgan fingerprint density at radius 2 is 1.87 bits per heavy atom. The highest BCUT2D eigenvalue weighted by Crippen LogP contribution is 2.37. The summed E-state index contributed by atoms with van der Waals surface area (Å²) in [7, 11) is 0. The number of nitrogens with zero attached hydrogens (tertiary/aromatic N) is 1. The summed E-state index contributed by atoms with van der Waals surface area (Å²) in [4.78, 5) is 24.3. The number of aldehydes is 1. The number of aryl methyl sites for hydroxylation is 1. The standard InChI is InChI=1S/C12H11NO2/c14-7-8-5-9-1-2-11(15)13-4-3-10(6-8)12(9)13/h5-7H,1-4H2. The number of carbonyl (C=O) groups excluding carboxylic acids is 2. The first-order valence-electron chi connectivity index (χ1n) is 5.21. The van der Waals surface area contributed by atoms with Gasteiger partial charge in [-0.15, -0.1) is 0 Å². The summed E-state index contributed by atoms with van der Waals surface area (Å²) in [6.45, 7) is 0.781. The summed E-state index contributed by atoms with van der Waals surface area (Å²) in [5.74, 6) is 0.222. The molecule has 2 heterocycles. The van der Waals surface area contributed by atoms with Gasteiger partial charge in [0.2, 0.25) is 5.91 Å². The van der Waals surface area contributed by atoms with Gasteiger partial charge in [-0.3, -0.25) is 9.59 Å². The Labute approximate surface area is 87.7 Å². The molecule has 0 saturated carbocycles. The second-order valence-corrected chi connectivity index (χ2v) is 4.10. The summed E-state index contributed by atoms with van der Waals surface area (Å²) in [5, 5.41) is 0. The predicted octanol–water partition coefficient (Wildman–Crippen LogP) is 1.33. The van der Waals surface area contributed by atoms with E-state index in [9.17, 15) is 9.59 Å². The van der Waals surface area contributed by atoms with Gasteiger partial charge in [-0.2, -0.15) is 0 Å². The highest BCUT2D eigenvalue weighted by Gasteiger charge is 2.31. The van der Waals surface area contributed by atoms with Gasteiger partial charge in [0.05, 0.1) is 5.69 Å². The zero-order valence-electron chi connectivity index (χ0n) is 8.32. The average molecular weight is 201 g/mol. The molecule has 2 aliphatic rings. The summed E-state index contributed by atoms with van der Waals surface area (Å²) in [6, 6.07) is 3.82. The first-order valence-corrected chi connectivity index (χ1v) is 5.21. The van der Waals surface area contributed by atoms with E-state index in [1.54, 1.807) is 0 Å². The fraction of sp³-hybridized carbons (Fsp3) is 0.333. The van der Waals surface area contributed by atoms with Crippen molar-refractivity contribution in [3.05, 3.63) is 28.8 Å². The maximum Gasteiger partial charge on any atom is 0.227 e. The fourth-order valence-corrected chi connectivity index (χ4v) is 2.55. The van der Waals surface area contributed by atoms with Gasteiger partial charge in [0.25, 0.3) is 0 Å². The van der Waals surface area contributed by atoms with Crippen molar-refractivity contribution in [2.24, 2.45) is 0 Å². The van der Waals surface area contributed by atoms with Crippen LogP contribution in [-0.2, 0) is 17.6 Å². The molecule has 2 aliphatic heterocycles. The highest BCUT2D eigenvalue weighted by molar-refractivity contribution is 5.99. The Kier molecular flexibility index (Phi) is 1.69. The Hall–Kier alpha value is -1.64. The third kappa shape index (κ3) is 1.12. The van der Waals surface area contributed by atoms with E-state index in [1.165, 1.54) is 0 Å². The Balaban J connectivity index is 2.22. The Morgan fingerprint density at radius 1 is 1.13 bits per heavy atom. The summed E-state index contributed by atoms with van der Waals surface area (Å²) < 4.78 is 0. The molecule has 3 heteroatoms. The van der Waals surface area contributed by atoms with Gasteiger partial charge in [0.1, 0.15) is 6.29 Å². The SMILES string of the molecule is O=Cc1cc2c3c(c1)CCN3C(=O)CC2. The smallest absolute Gasteiger partial charge is 0.227 e. The van der Waals surface area contributed by atoms with Crippen LogP contribution in [0.15, 0.2) is 12.1 Å². The lowest BCUT2D eigenvalue weighted by molar-refractivity contribution is -0.118. The molecule has 0 aromatic heterocycles. The molecule has 76 valence electrons. The van der Waals surface area contributed by atoms with E-state index in [-0.39, 0.29) is 5.91 Å². The van der Waals surface area contributed by atoms with Crippen LogP contribution >= 0.6 is 0 Å². The molecule has 3 nitrogen and oxygen atoms in total. The molecule has 0 saturated heterocycles. The first kappa shape index (κ1) is 8.65. The number of benzene rings is 1. The van der Waals surface area contributed by atoms with Crippen molar-refractivity contribution in [2.45, 2.75) is 19.3 Å². The molecular formula is C12H11NO2. The molecule has 0 spiro atoms. The van der Waals surface area contributed by atoms with Crippen LogP contribution in [0.25, 0.3) is 0 Å². The monoisotopic (exact) mass is 201 g/mol. The number of hydrogen-bond donors (Lipinski definition) is 0. The molecule has 1 amide bonds. The maximum absolute atomic E-state index is 11.6. The number of amides is 1. The molecule has 0 atom stereocenters. The Morgan fingerprint density at radius 3 is 2.60 bits per heavy atom.